The highest BCUT2D eigenvalue weighted by molar-refractivity contribution is 5.92. The lowest BCUT2D eigenvalue weighted by atomic mass is 10.1. The van der Waals surface area contributed by atoms with Crippen LogP contribution in [0.3, 0.4) is 0 Å². The molecule has 0 fully saturated rings. The number of anilines is 1. The van der Waals surface area contributed by atoms with E-state index >= 15 is 0 Å². The first-order valence-corrected chi connectivity index (χ1v) is 8.04. The third-order valence-electron chi connectivity index (χ3n) is 4.31. The van der Waals surface area contributed by atoms with Gasteiger partial charge in [0.15, 0.2) is 0 Å². The first kappa shape index (κ1) is 15.3. The largest absolute Gasteiger partial charge is 0.382 e. The van der Waals surface area contributed by atoms with Crippen molar-refractivity contribution in [2.75, 3.05) is 12.3 Å². The van der Waals surface area contributed by atoms with Crippen LogP contribution in [0.4, 0.5) is 5.82 Å². The van der Waals surface area contributed by atoms with Gasteiger partial charge >= 0.3 is 0 Å². The van der Waals surface area contributed by atoms with Crippen LogP contribution >= 0.6 is 0 Å². The molecule has 0 atom stereocenters. The first-order valence-electron chi connectivity index (χ1n) is 8.04. The zero-order chi connectivity index (χ0) is 17.4. The van der Waals surface area contributed by atoms with E-state index in [0.717, 1.165) is 22.4 Å². The number of aromatic nitrogens is 3. The van der Waals surface area contributed by atoms with Gasteiger partial charge in [0.25, 0.3) is 5.91 Å². The molecule has 0 aliphatic carbocycles. The summed E-state index contributed by atoms with van der Waals surface area (Å²) >= 11 is 0. The number of amides is 1. The normalized spacial score (nSPS) is 13.6. The third-order valence-corrected chi connectivity index (χ3v) is 4.31. The minimum atomic E-state index is -0.188. The van der Waals surface area contributed by atoms with Crippen molar-refractivity contribution < 1.29 is 9.32 Å². The molecule has 0 saturated carbocycles. The molecule has 4 rings (SSSR count). The van der Waals surface area contributed by atoms with E-state index in [0.29, 0.717) is 31.0 Å². The van der Waals surface area contributed by atoms with Crippen LogP contribution in [-0.4, -0.2) is 32.7 Å². The van der Waals surface area contributed by atoms with Crippen molar-refractivity contribution in [3.05, 3.63) is 59.0 Å². The lowest BCUT2D eigenvalue weighted by molar-refractivity contribution is 0.0691. The molecule has 25 heavy (non-hydrogen) atoms. The van der Waals surface area contributed by atoms with Gasteiger partial charge in [0.1, 0.15) is 11.5 Å². The number of hydrogen-bond donors (Lipinski definition) is 1. The molecule has 0 radical (unpaired) electrons. The lowest BCUT2D eigenvalue weighted by Crippen LogP contribution is -2.36. The summed E-state index contributed by atoms with van der Waals surface area (Å²) < 4.78 is 5.28. The van der Waals surface area contributed by atoms with E-state index in [1.165, 1.54) is 0 Å². The Bertz CT molecular complexity index is 933. The van der Waals surface area contributed by atoms with Gasteiger partial charge in [-0.15, -0.1) is 5.10 Å². The molecule has 2 N–H and O–H groups in total. The Hall–Kier alpha value is -3.22. The average molecular weight is 335 g/mol. The molecule has 0 bridgehead atoms. The maximum absolute atomic E-state index is 12.7. The van der Waals surface area contributed by atoms with E-state index in [-0.39, 0.29) is 11.7 Å². The summed E-state index contributed by atoms with van der Waals surface area (Å²) in [6.45, 7) is 3.02. The van der Waals surface area contributed by atoms with E-state index in [1.54, 1.807) is 17.0 Å². The predicted octanol–water partition coefficient (Wildman–Crippen LogP) is 2.22. The fraction of sp³-hybridized carbons (Fsp3) is 0.222. The van der Waals surface area contributed by atoms with Gasteiger partial charge in [0.05, 0.1) is 5.69 Å². The molecule has 1 aliphatic heterocycles. The highest BCUT2D eigenvalue weighted by Crippen LogP contribution is 2.23. The second kappa shape index (κ2) is 6.01. The maximum atomic E-state index is 12.7. The zero-order valence-electron chi connectivity index (χ0n) is 13.8. The van der Waals surface area contributed by atoms with Gasteiger partial charge in [-0.2, -0.15) is 5.10 Å². The van der Waals surface area contributed by atoms with Crippen LogP contribution in [0, 0.1) is 6.92 Å². The molecule has 7 heteroatoms. The predicted molar refractivity (Wildman–Crippen MR) is 91.6 cm³/mol. The van der Waals surface area contributed by atoms with Crippen LogP contribution in [0.25, 0.3) is 11.3 Å². The van der Waals surface area contributed by atoms with Crippen LogP contribution in [0.2, 0.25) is 0 Å². The summed E-state index contributed by atoms with van der Waals surface area (Å²) in [6, 6.07) is 11.4. The van der Waals surface area contributed by atoms with Gasteiger partial charge in [-0.05, 0) is 18.6 Å². The van der Waals surface area contributed by atoms with Gasteiger partial charge in [-0.3, -0.25) is 4.79 Å². The number of carbonyl (C=O) groups is 1. The monoisotopic (exact) mass is 335 g/mol. The standard InChI is InChI=1S/C18H17N5O2/c1-11-2-4-12(5-3-11)15-9-16(25-22-15)18(24)23-7-6-14-13(10-23)8-17(19)21-20-14/h2-5,8-9H,6-7,10H2,1H3,(H2,19,21). The van der Waals surface area contributed by atoms with Crippen molar-refractivity contribution >= 4 is 11.7 Å². The fourth-order valence-electron chi connectivity index (χ4n) is 2.91. The summed E-state index contributed by atoms with van der Waals surface area (Å²) in [5.74, 6) is 0.398. The van der Waals surface area contributed by atoms with E-state index in [1.807, 2.05) is 31.2 Å². The Labute approximate surface area is 144 Å². The molecule has 7 nitrogen and oxygen atoms in total. The minimum Gasteiger partial charge on any atom is -0.382 e. The van der Waals surface area contributed by atoms with Crippen LogP contribution in [-0.2, 0) is 13.0 Å². The number of aryl methyl sites for hydroxylation is 1. The molecule has 0 unspecified atom stereocenters. The molecule has 1 aliphatic rings. The number of benzene rings is 1. The zero-order valence-corrected chi connectivity index (χ0v) is 13.8. The van der Waals surface area contributed by atoms with E-state index < -0.39 is 0 Å². The van der Waals surface area contributed by atoms with Gasteiger partial charge < -0.3 is 15.2 Å². The quantitative estimate of drug-likeness (QED) is 0.771. The highest BCUT2D eigenvalue weighted by atomic mass is 16.5. The summed E-state index contributed by atoms with van der Waals surface area (Å²) in [4.78, 5) is 14.4. The second-order valence-electron chi connectivity index (χ2n) is 6.16. The molecular weight excluding hydrogens is 318 g/mol. The smallest absolute Gasteiger partial charge is 0.292 e. The summed E-state index contributed by atoms with van der Waals surface area (Å²) in [5.41, 5.74) is 10.2. The van der Waals surface area contributed by atoms with Gasteiger partial charge in [0, 0.05) is 31.1 Å². The Balaban J connectivity index is 1.55. The van der Waals surface area contributed by atoms with Gasteiger partial charge in [-0.1, -0.05) is 35.0 Å². The Morgan fingerprint density at radius 3 is 2.80 bits per heavy atom. The van der Waals surface area contributed by atoms with E-state index in [4.69, 9.17) is 10.3 Å². The number of nitrogens with two attached hydrogens (primary N) is 1. The van der Waals surface area contributed by atoms with Crippen LogP contribution < -0.4 is 5.73 Å². The van der Waals surface area contributed by atoms with Gasteiger partial charge in [-0.25, -0.2) is 0 Å². The number of rotatable bonds is 2. The molecular formula is C18H17N5O2. The number of nitrogens with zero attached hydrogens (tertiary/aromatic N) is 4. The summed E-state index contributed by atoms with van der Waals surface area (Å²) in [6.07, 6.45) is 0.646. The first-order chi connectivity index (χ1) is 12.1. The van der Waals surface area contributed by atoms with Crippen LogP contribution in [0.5, 0.6) is 0 Å². The van der Waals surface area contributed by atoms with Crippen molar-refractivity contribution in [3.8, 4) is 11.3 Å². The Kier molecular flexibility index (Phi) is 3.68. The molecule has 0 saturated heterocycles. The van der Waals surface area contributed by atoms with Crippen molar-refractivity contribution in [1.82, 2.24) is 20.3 Å². The van der Waals surface area contributed by atoms with Crippen LogP contribution in [0.15, 0.2) is 40.9 Å². The lowest BCUT2D eigenvalue weighted by Gasteiger charge is -2.26. The molecule has 0 spiro atoms. The maximum Gasteiger partial charge on any atom is 0.292 e. The minimum absolute atomic E-state index is 0.188. The van der Waals surface area contributed by atoms with Crippen molar-refractivity contribution in [2.24, 2.45) is 0 Å². The number of hydrogen-bond acceptors (Lipinski definition) is 6. The molecule has 3 aromatic rings. The summed E-state index contributed by atoms with van der Waals surface area (Å²) in [7, 11) is 0. The molecule has 1 aromatic carbocycles. The van der Waals surface area contributed by atoms with Crippen LogP contribution in [0.1, 0.15) is 27.4 Å². The van der Waals surface area contributed by atoms with Crippen molar-refractivity contribution in [2.45, 2.75) is 19.9 Å². The number of nitrogen functional groups attached to an aromatic ring is 1. The Morgan fingerprint density at radius 2 is 2.00 bits per heavy atom. The van der Waals surface area contributed by atoms with Crippen molar-refractivity contribution in [1.29, 1.82) is 0 Å². The SMILES string of the molecule is Cc1ccc(-c2cc(C(=O)N3CCc4nnc(N)cc4C3)on2)cc1. The van der Waals surface area contributed by atoms with E-state index in [2.05, 4.69) is 15.4 Å². The van der Waals surface area contributed by atoms with Crippen molar-refractivity contribution in [3.63, 3.8) is 0 Å². The topological polar surface area (TPSA) is 98.1 Å². The summed E-state index contributed by atoms with van der Waals surface area (Å²) in [5, 5.41) is 12.0. The molecule has 3 heterocycles. The highest BCUT2D eigenvalue weighted by Gasteiger charge is 2.26. The number of carbonyl (C=O) groups excluding carboxylic acids is 1. The second-order valence-corrected chi connectivity index (χ2v) is 6.16. The molecule has 1 amide bonds. The van der Waals surface area contributed by atoms with E-state index in [9.17, 15) is 4.79 Å². The molecule has 2 aromatic heterocycles. The number of fused-ring (bicyclic) bond motifs is 1. The average Bonchev–Trinajstić information content (AvgIpc) is 3.11. The Morgan fingerprint density at radius 1 is 1.20 bits per heavy atom. The fourth-order valence-corrected chi connectivity index (χ4v) is 2.91. The van der Waals surface area contributed by atoms with Gasteiger partial charge in [0.2, 0.25) is 5.76 Å². The third kappa shape index (κ3) is 2.96. The molecule has 126 valence electrons.